The molecule has 0 aliphatic carbocycles. The summed E-state index contributed by atoms with van der Waals surface area (Å²) in [4.78, 5) is 18.3. The predicted molar refractivity (Wildman–Crippen MR) is 84.5 cm³/mol. The summed E-state index contributed by atoms with van der Waals surface area (Å²) in [6.45, 7) is 0. The molecule has 2 aromatic heterocycles. The molecule has 7 heteroatoms. The third kappa shape index (κ3) is 2.44. The molecular weight excluding hydrogens is 282 g/mol. The Morgan fingerprint density at radius 2 is 2.00 bits per heavy atom. The van der Waals surface area contributed by atoms with Crippen LogP contribution in [0.3, 0.4) is 0 Å². The van der Waals surface area contributed by atoms with Crippen LogP contribution in [-0.4, -0.2) is 33.8 Å². The molecular formula is C15H15N5O2. The summed E-state index contributed by atoms with van der Waals surface area (Å²) in [5.41, 5.74) is 6.42. The van der Waals surface area contributed by atoms with Gasteiger partial charge in [0, 0.05) is 26.4 Å². The SMILES string of the molecule is CN(C)/C=C/c1nc2c(c(N)nn2-c2ccccc2)c(=O)o1. The smallest absolute Gasteiger partial charge is 0.352 e. The Hall–Kier alpha value is -3.09. The van der Waals surface area contributed by atoms with Crippen LogP contribution in [-0.2, 0) is 0 Å². The molecule has 112 valence electrons. The van der Waals surface area contributed by atoms with Crippen molar-refractivity contribution in [2.45, 2.75) is 0 Å². The van der Waals surface area contributed by atoms with Gasteiger partial charge >= 0.3 is 5.63 Å². The van der Waals surface area contributed by atoms with Crippen molar-refractivity contribution in [2.75, 3.05) is 19.8 Å². The van der Waals surface area contributed by atoms with Gasteiger partial charge in [0.1, 0.15) is 5.39 Å². The normalized spacial score (nSPS) is 11.4. The summed E-state index contributed by atoms with van der Waals surface area (Å²) in [7, 11) is 3.72. The van der Waals surface area contributed by atoms with Crippen LogP contribution in [0.5, 0.6) is 0 Å². The summed E-state index contributed by atoms with van der Waals surface area (Å²) >= 11 is 0. The topological polar surface area (TPSA) is 90.2 Å². The van der Waals surface area contributed by atoms with Crippen molar-refractivity contribution in [3.63, 3.8) is 0 Å². The number of fused-ring (bicyclic) bond motifs is 1. The van der Waals surface area contributed by atoms with Gasteiger partial charge in [0.25, 0.3) is 0 Å². The molecule has 0 spiro atoms. The van der Waals surface area contributed by atoms with Crippen molar-refractivity contribution >= 4 is 22.9 Å². The van der Waals surface area contributed by atoms with Crippen LogP contribution in [0.1, 0.15) is 5.89 Å². The van der Waals surface area contributed by atoms with Crippen molar-refractivity contribution in [3.8, 4) is 5.69 Å². The van der Waals surface area contributed by atoms with Crippen LogP contribution < -0.4 is 11.4 Å². The quantitative estimate of drug-likeness (QED) is 0.787. The Balaban J connectivity index is 2.25. The van der Waals surface area contributed by atoms with E-state index in [1.165, 1.54) is 4.68 Å². The fourth-order valence-corrected chi connectivity index (χ4v) is 2.03. The Morgan fingerprint density at radius 1 is 1.27 bits per heavy atom. The minimum atomic E-state index is -0.553. The van der Waals surface area contributed by atoms with E-state index in [9.17, 15) is 4.79 Å². The molecule has 0 aliphatic rings. The second kappa shape index (κ2) is 5.36. The number of nitrogen functional groups attached to an aromatic ring is 1. The molecule has 0 fully saturated rings. The molecule has 0 atom stereocenters. The molecule has 3 rings (SSSR count). The lowest BCUT2D eigenvalue weighted by Gasteiger charge is -2.03. The largest absolute Gasteiger partial charge is 0.404 e. The van der Waals surface area contributed by atoms with Crippen LogP contribution >= 0.6 is 0 Å². The minimum Gasteiger partial charge on any atom is -0.404 e. The van der Waals surface area contributed by atoms with Crippen molar-refractivity contribution in [1.29, 1.82) is 0 Å². The molecule has 0 saturated carbocycles. The lowest BCUT2D eigenvalue weighted by atomic mass is 10.3. The van der Waals surface area contributed by atoms with Crippen molar-refractivity contribution in [2.24, 2.45) is 0 Å². The molecule has 3 aromatic rings. The van der Waals surface area contributed by atoms with Gasteiger partial charge < -0.3 is 15.1 Å². The van der Waals surface area contributed by atoms with E-state index in [0.29, 0.717) is 5.65 Å². The maximum Gasteiger partial charge on any atom is 0.352 e. The van der Waals surface area contributed by atoms with E-state index < -0.39 is 5.63 Å². The van der Waals surface area contributed by atoms with E-state index in [-0.39, 0.29) is 17.1 Å². The second-order valence-corrected chi connectivity index (χ2v) is 4.95. The van der Waals surface area contributed by atoms with Crippen LogP contribution in [0, 0.1) is 0 Å². The van der Waals surface area contributed by atoms with E-state index in [0.717, 1.165) is 5.69 Å². The zero-order valence-corrected chi connectivity index (χ0v) is 12.2. The molecule has 0 saturated heterocycles. The van der Waals surface area contributed by atoms with E-state index in [2.05, 4.69) is 10.1 Å². The van der Waals surface area contributed by atoms with Crippen molar-refractivity contribution in [1.82, 2.24) is 19.7 Å². The first-order valence-corrected chi connectivity index (χ1v) is 6.65. The maximum atomic E-state index is 12.1. The van der Waals surface area contributed by atoms with Gasteiger partial charge in [-0.2, -0.15) is 4.98 Å². The number of nitrogens with two attached hydrogens (primary N) is 1. The molecule has 0 aliphatic heterocycles. The van der Waals surface area contributed by atoms with E-state index in [1.54, 1.807) is 12.3 Å². The van der Waals surface area contributed by atoms with Gasteiger partial charge in [-0.15, -0.1) is 5.10 Å². The fraction of sp³-hybridized carbons (Fsp3) is 0.133. The number of hydrogen-bond acceptors (Lipinski definition) is 6. The summed E-state index contributed by atoms with van der Waals surface area (Å²) in [6, 6.07) is 9.36. The van der Waals surface area contributed by atoms with Crippen molar-refractivity contribution < 1.29 is 4.42 Å². The molecule has 2 heterocycles. The molecule has 7 nitrogen and oxygen atoms in total. The van der Waals surface area contributed by atoms with Crippen molar-refractivity contribution in [3.05, 3.63) is 52.8 Å². The first-order chi connectivity index (χ1) is 10.6. The average molecular weight is 297 g/mol. The Bertz CT molecular complexity index is 893. The minimum absolute atomic E-state index is 0.100. The second-order valence-electron chi connectivity index (χ2n) is 4.95. The van der Waals surface area contributed by atoms with Gasteiger partial charge in [-0.3, -0.25) is 0 Å². The summed E-state index contributed by atoms with van der Waals surface area (Å²) in [5, 5.41) is 4.38. The van der Waals surface area contributed by atoms with Crippen LogP contribution in [0.15, 0.2) is 45.7 Å². The molecule has 0 amide bonds. The van der Waals surface area contributed by atoms with Gasteiger partial charge in [0.15, 0.2) is 11.5 Å². The molecule has 0 radical (unpaired) electrons. The summed E-state index contributed by atoms with van der Waals surface area (Å²) < 4.78 is 6.69. The molecule has 1 aromatic carbocycles. The van der Waals surface area contributed by atoms with E-state index in [1.807, 2.05) is 49.3 Å². The summed E-state index contributed by atoms with van der Waals surface area (Å²) in [6.07, 6.45) is 3.35. The van der Waals surface area contributed by atoms with Crippen LogP contribution in [0.25, 0.3) is 22.8 Å². The first-order valence-electron chi connectivity index (χ1n) is 6.65. The predicted octanol–water partition coefficient (Wildman–Crippen LogP) is 1.49. The monoisotopic (exact) mass is 297 g/mol. The summed E-state index contributed by atoms with van der Waals surface area (Å²) in [5.74, 6) is 0.298. The average Bonchev–Trinajstić information content (AvgIpc) is 2.83. The Labute approximate surface area is 126 Å². The third-order valence-electron chi connectivity index (χ3n) is 3.02. The highest BCUT2D eigenvalue weighted by molar-refractivity contribution is 5.86. The number of anilines is 1. The number of para-hydroxylation sites is 1. The van der Waals surface area contributed by atoms with Gasteiger partial charge in [-0.1, -0.05) is 18.2 Å². The van der Waals surface area contributed by atoms with Gasteiger partial charge in [-0.25, -0.2) is 9.48 Å². The van der Waals surface area contributed by atoms with Gasteiger partial charge in [-0.05, 0) is 12.1 Å². The van der Waals surface area contributed by atoms with Gasteiger partial charge in [0.05, 0.1) is 5.69 Å². The fourth-order valence-electron chi connectivity index (χ4n) is 2.03. The maximum absolute atomic E-state index is 12.1. The van der Waals surface area contributed by atoms with E-state index >= 15 is 0 Å². The van der Waals surface area contributed by atoms with Crippen LogP contribution in [0.2, 0.25) is 0 Å². The van der Waals surface area contributed by atoms with Crippen LogP contribution in [0.4, 0.5) is 5.82 Å². The number of aromatic nitrogens is 3. The Morgan fingerprint density at radius 3 is 2.68 bits per heavy atom. The Kier molecular flexibility index (Phi) is 3.38. The number of nitrogens with zero attached hydrogens (tertiary/aromatic N) is 4. The zero-order valence-electron chi connectivity index (χ0n) is 12.2. The lowest BCUT2D eigenvalue weighted by molar-refractivity contribution is 0.487. The first kappa shape index (κ1) is 13.9. The third-order valence-corrected chi connectivity index (χ3v) is 3.02. The molecule has 0 bridgehead atoms. The molecule has 2 N–H and O–H groups in total. The lowest BCUT2D eigenvalue weighted by Crippen LogP contribution is -2.06. The number of rotatable bonds is 3. The highest BCUT2D eigenvalue weighted by atomic mass is 16.4. The standard InChI is InChI=1S/C15H15N5O2/c1-19(2)9-8-11-17-14-12(15(21)22-11)13(16)18-20(14)10-6-4-3-5-7-10/h3-9H,1-2H3,(H2,16,18)/b9-8+. The molecule has 0 unspecified atom stereocenters. The molecule has 22 heavy (non-hydrogen) atoms. The zero-order chi connectivity index (χ0) is 15.7. The number of hydrogen-bond donors (Lipinski definition) is 1. The highest BCUT2D eigenvalue weighted by Gasteiger charge is 2.16. The van der Waals surface area contributed by atoms with E-state index in [4.69, 9.17) is 10.2 Å². The highest BCUT2D eigenvalue weighted by Crippen LogP contribution is 2.19. The number of benzene rings is 1. The van der Waals surface area contributed by atoms with Gasteiger partial charge in [0.2, 0.25) is 5.89 Å².